The molecule has 2 rings (SSSR count). The molecule has 0 fully saturated rings. The van der Waals surface area contributed by atoms with Crippen LogP contribution in [-0.4, -0.2) is 12.0 Å². The number of ketones is 1. The predicted octanol–water partition coefficient (Wildman–Crippen LogP) is 4.86. The fraction of sp³-hybridized carbons (Fsp3) is 0.214. The van der Waals surface area contributed by atoms with Crippen molar-refractivity contribution < 1.29 is 9.18 Å². The van der Waals surface area contributed by atoms with Gasteiger partial charge in [-0.15, -0.1) is 23.1 Å². The molecule has 1 aromatic heterocycles. The highest BCUT2D eigenvalue weighted by atomic mass is 79.9. The van der Waals surface area contributed by atoms with Gasteiger partial charge in [-0.3, -0.25) is 4.79 Å². The van der Waals surface area contributed by atoms with Crippen molar-refractivity contribution in [3.8, 4) is 0 Å². The summed E-state index contributed by atoms with van der Waals surface area (Å²) in [6, 6.07) is 8.04. The van der Waals surface area contributed by atoms with E-state index >= 15 is 0 Å². The highest BCUT2D eigenvalue weighted by Crippen LogP contribution is 2.28. The first-order chi connectivity index (χ1) is 9.10. The Labute approximate surface area is 128 Å². The highest BCUT2D eigenvalue weighted by Gasteiger charge is 2.18. The number of alkyl halides is 1. The molecule has 0 bridgehead atoms. The maximum absolute atomic E-state index is 12.8. The van der Waals surface area contributed by atoms with Crippen LogP contribution in [0.4, 0.5) is 4.39 Å². The summed E-state index contributed by atoms with van der Waals surface area (Å²) in [7, 11) is 0. The Balaban J connectivity index is 2.04. The zero-order valence-corrected chi connectivity index (χ0v) is 13.4. The molecule has 0 aliphatic rings. The van der Waals surface area contributed by atoms with Gasteiger partial charge in [0.05, 0.1) is 4.83 Å². The van der Waals surface area contributed by atoms with Crippen molar-refractivity contribution in [2.75, 3.05) is 6.26 Å². The van der Waals surface area contributed by atoms with Crippen LogP contribution >= 0.6 is 39.0 Å². The number of hydrogen-bond donors (Lipinski definition) is 0. The van der Waals surface area contributed by atoms with Crippen molar-refractivity contribution in [2.45, 2.75) is 16.1 Å². The van der Waals surface area contributed by atoms with E-state index in [1.165, 1.54) is 17.0 Å². The second-order valence-electron chi connectivity index (χ2n) is 4.01. The Morgan fingerprint density at radius 1 is 1.42 bits per heavy atom. The third-order valence-electron chi connectivity index (χ3n) is 2.66. The van der Waals surface area contributed by atoms with Crippen molar-refractivity contribution in [1.82, 2.24) is 0 Å². The summed E-state index contributed by atoms with van der Waals surface area (Å²) < 4.78 is 12.8. The monoisotopic (exact) mass is 358 g/mol. The molecule has 0 saturated carbocycles. The van der Waals surface area contributed by atoms with Crippen LogP contribution in [0.1, 0.15) is 15.3 Å². The molecule has 19 heavy (non-hydrogen) atoms. The lowest BCUT2D eigenvalue weighted by molar-refractivity contribution is -0.117. The smallest absolute Gasteiger partial charge is 0.156 e. The van der Waals surface area contributed by atoms with Gasteiger partial charge in [-0.2, -0.15) is 0 Å². The SMILES string of the molecule is CSc1csc(CC(=O)C(Br)c2ccc(F)cc2)c1. The number of hydrogen-bond acceptors (Lipinski definition) is 3. The van der Waals surface area contributed by atoms with Gasteiger partial charge in [0.2, 0.25) is 0 Å². The Morgan fingerprint density at radius 3 is 2.68 bits per heavy atom. The van der Waals surface area contributed by atoms with Gasteiger partial charge in [0, 0.05) is 21.6 Å². The van der Waals surface area contributed by atoms with Crippen molar-refractivity contribution in [1.29, 1.82) is 0 Å². The third-order valence-corrected chi connectivity index (χ3v) is 5.49. The molecule has 1 unspecified atom stereocenters. The number of carbonyl (C=O) groups excluding carboxylic acids is 1. The Bertz CT molecular complexity index is 565. The lowest BCUT2D eigenvalue weighted by Gasteiger charge is -2.08. The Hall–Kier alpha value is -0.650. The van der Waals surface area contributed by atoms with Gasteiger partial charge in [0.25, 0.3) is 0 Å². The van der Waals surface area contributed by atoms with Crippen LogP contribution < -0.4 is 0 Å². The normalized spacial score (nSPS) is 12.4. The minimum Gasteiger partial charge on any atom is -0.298 e. The molecule has 100 valence electrons. The second kappa shape index (κ2) is 6.68. The molecule has 0 amide bonds. The van der Waals surface area contributed by atoms with Gasteiger partial charge < -0.3 is 0 Å². The Kier molecular flexibility index (Phi) is 5.19. The van der Waals surface area contributed by atoms with E-state index in [9.17, 15) is 9.18 Å². The number of halogens is 2. The summed E-state index contributed by atoms with van der Waals surface area (Å²) >= 11 is 6.65. The molecular weight excluding hydrogens is 347 g/mol. The molecule has 1 atom stereocenters. The molecule has 1 heterocycles. The lowest BCUT2D eigenvalue weighted by atomic mass is 10.1. The lowest BCUT2D eigenvalue weighted by Crippen LogP contribution is -2.08. The number of carbonyl (C=O) groups is 1. The number of benzene rings is 1. The molecule has 0 saturated heterocycles. The number of thiophene rings is 1. The number of rotatable bonds is 5. The van der Waals surface area contributed by atoms with Gasteiger partial charge in [-0.1, -0.05) is 28.1 Å². The fourth-order valence-corrected chi connectivity index (χ4v) is 3.73. The van der Waals surface area contributed by atoms with Crippen molar-refractivity contribution >= 4 is 44.8 Å². The van der Waals surface area contributed by atoms with Crippen molar-refractivity contribution in [2.24, 2.45) is 0 Å². The van der Waals surface area contributed by atoms with E-state index in [0.717, 1.165) is 10.4 Å². The minimum atomic E-state index is -0.382. The van der Waals surface area contributed by atoms with Crippen LogP contribution in [0.5, 0.6) is 0 Å². The zero-order valence-electron chi connectivity index (χ0n) is 10.2. The summed E-state index contributed by atoms with van der Waals surface area (Å²) in [6.45, 7) is 0. The average Bonchev–Trinajstić information content (AvgIpc) is 2.86. The van der Waals surface area contributed by atoms with Gasteiger partial charge in [0.1, 0.15) is 5.82 Å². The van der Waals surface area contributed by atoms with Crippen LogP contribution in [-0.2, 0) is 11.2 Å². The van der Waals surface area contributed by atoms with Crippen molar-refractivity contribution in [3.05, 3.63) is 52.0 Å². The maximum Gasteiger partial charge on any atom is 0.156 e. The van der Waals surface area contributed by atoms with E-state index in [0.29, 0.717) is 6.42 Å². The molecule has 1 nitrogen and oxygen atoms in total. The second-order valence-corrected chi connectivity index (χ2v) is 6.80. The number of Topliss-reactive ketones (excluding diaryl/α,β-unsaturated/α-hetero) is 1. The first-order valence-corrected chi connectivity index (χ1v) is 8.66. The number of thioether (sulfide) groups is 1. The summed E-state index contributed by atoms with van der Waals surface area (Å²) in [4.78, 5) is 14.0. The van der Waals surface area contributed by atoms with Gasteiger partial charge in [-0.05, 0) is 30.0 Å². The topological polar surface area (TPSA) is 17.1 Å². The molecule has 2 aromatic rings. The standard InChI is InChI=1S/C14H12BrFOS2/c1-18-12-6-11(19-8-12)7-13(17)14(15)9-2-4-10(16)5-3-9/h2-6,8,14H,7H2,1H3. The van der Waals surface area contributed by atoms with E-state index in [2.05, 4.69) is 21.3 Å². The average molecular weight is 359 g/mol. The van der Waals surface area contributed by atoms with Crippen LogP contribution in [0.2, 0.25) is 0 Å². The fourth-order valence-electron chi connectivity index (χ4n) is 1.64. The first kappa shape index (κ1) is 14.8. The van der Waals surface area contributed by atoms with Crippen molar-refractivity contribution in [3.63, 3.8) is 0 Å². The minimum absolute atomic E-state index is 0.0844. The van der Waals surface area contributed by atoms with E-state index in [4.69, 9.17) is 0 Å². The molecule has 0 aliphatic heterocycles. The van der Waals surface area contributed by atoms with Gasteiger partial charge in [0.15, 0.2) is 5.78 Å². The van der Waals surface area contributed by atoms with Crippen LogP contribution in [0, 0.1) is 5.82 Å². The molecule has 0 spiro atoms. The van der Waals surface area contributed by atoms with E-state index < -0.39 is 0 Å². The van der Waals surface area contributed by atoms with Gasteiger partial charge in [-0.25, -0.2) is 4.39 Å². The summed E-state index contributed by atoms with van der Waals surface area (Å²) in [5.41, 5.74) is 0.785. The third kappa shape index (κ3) is 3.91. The summed E-state index contributed by atoms with van der Waals surface area (Å²) in [5, 5.41) is 2.05. The predicted molar refractivity (Wildman–Crippen MR) is 82.9 cm³/mol. The van der Waals surface area contributed by atoms with E-state index in [1.54, 1.807) is 35.2 Å². The highest BCUT2D eigenvalue weighted by molar-refractivity contribution is 9.09. The summed E-state index contributed by atoms with van der Waals surface area (Å²) in [6.07, 6.45) is 2.41. The van der Waals surface area contributed by atoms with E-state index in [-0.39, 0.29) is 16.4 Å². The molecule has 0 aliphatic carbocycles. The molecule has 0 N–H and O–H groups in total. The molecule has 5 heteroatoms. The Morgan fingerprint density at radius 2 is 2.11 bits per heavy atom. The zero-order chi connectivity index (χ0) is 13.8. The first-order valence-electron chi connectivity index (χ1n) is 5.64. The van der Waals surface area contributed by atoms with Crippen LogP contribution in [0.25, 0.3) is 0 Å². The molecule has 1 aromatic carbocycles. The molecule has 0 radical (unpaired) electrons. The van der Waals surface area contributed by atoms with E-state index in [1.807, 2.05) is 12.3 Å². The van der Waals surface area contributed by atoms with Crippen LogP contribution in [0.3, 0.4) is 0 Å². The van der Waals surface area contributed by atoms with Crippen LogP contribution in [0.15, 0.2) is 40.6 Å². The maximum atomic E-state index is 12.8. The molecular formula is C14H12BrFOS2. The van der Waals surface area contributed by atoms with Gasteiger partial charge >= 0.3 is 0 Å². The largest absolute Gasteiger partial charge is 0.298 e. The quantitative estimate of drug-likeness (QED) is 0.560. The summed E-state index contributed by atoms with van der Waals surface area (Å²) in [5.74, 6) is -0.208.